The Labute approximate surface area is 120 Å². The normalized spacial score (nSPS) is 14.0. The molecule has 5 heteroatoms. The molecule has 0 radical (unpaired) electrons. The van der Waals surface area contributed by atoms with E-state index >= 15 is 0 Å². The molecule has 2 atom stereocenters. The predicted molar refractivity (Wildman–Crippen MR) is 50.0 cm³/mol. The molecule has 72 valence electrons. The first kappa shape index (κ1) is 16.0. The maximum absolute atomic E-state index is 10.6. The Bertz CT molecular complexity index is 161. The van der Waals surface area contributed by atoms with Gasteiger partial charge in [0.15, 0.2) is 0 Å². The fraction of sp³-hybridized carbons (Fsp3) is 0.750. The van der Waals surface area contributed by atoms with Gasteiger partial charge in [0.25, 0.3) is 0 Å². The zero-order chi connectivity index (χ0) is 9.72. The van der Waals surface area contributed by atoms with Gasteiger partial charge in [0.1, 0.15) is 0 Å². The summed E-state index contributed by atoms with van der Waals surface area (Å²) in [6, 6.07) is 0. The summed E-state index contributed by atoms with van der Waals surface area (Å²) in [5, 5.41) is 17.3. The van der Waals surface area contributed by atoms with Gasteiger partial charge < -0.3 is 10.2 Å². The third-order valence-electron chi connectivity index (χ3n) is 2.00. The van der Waals surface area contributed by atoms with E-state index in [9.17, 15) is 9.59 Å². The molecule has 0 aromatic rings. The molecule has 4 nitrogen and oxygen atoms in total. The number of rotatable bonds is 5. The number of carboxylic acid groups (broad SMARTS) is 2. The number of carboxylic acids is 2. The third-order valence-corrected chi connectivity index (χ3v) is 2.00. The molecule has 13 heavy (non-hydrogen) atoms. The van der Waals surface area contributed by atoms with Crippen LogP contribution in [0, 0.1) is 11.8 Å². The molecule has 0 aromatic heterocycles. The molecule has 0 aliphatic rings. The number of carbonyl (C=O) groups is 2. The summed E-state index contributed by atoms with van der Waals surface area (Å²) in [6.45, 7) is 3.37. The fourth-order valence-corrected chi connectivity index (χ4v) is 1.26. The minimum absolute atomic E-state index is 0. The van der Waals surface area contributed by atoms with Crippen LogP contribution in [0.1, 0.15) is 26.7 Å². The SMILES string of the molecule is CCC(C(=O)O)C(CC)C(=O)O.[KH]. The monoisotopic (exact) mass is 214 g/mol. The summed E-state index contributed by atoms with van der Waals surface area (Å²) in [7, 11) is 0. The molecule has 2 unspecified atom stereocenters. The van der Waals surface area contributed by atoms with Crippen molar-refractivity contribution in [2.75, 3.05) is 0 Å². The van der Waals surface area contributed by atoms with Crippen LogP contribution in [-0.4, -0.2) is 73.5 Å². The van der Waals surface area contributed by atoms with Crippen molar-refractivity contribution >= 4 is 63.3 Å². The van der Waals surface area contributed by atoms with Crippen molar-refractivity contribution < 1.29 is 19.8 Å². The van der Waals surface area contributed by atoms with Gasteiger partial charge in [-0.25, -0.2) is 0 Å². The molecule has 0 amide bonds. The molecule has 0 heterocycles. The van der Waals surface area contributed by atoms with Gasteiger partial charge in [0.05, 0.1) is 11.8 Å². The van der Waals surface area contributed by atoms with E-state index in [-0.39, 0.29) is 51.4 Å². The average molecular weight is 214 g/mol. The van der Waals surface area contributed by atoms with Crippen LogP contribution in [0.4, 0.5) is 0 Å². The van der Waals surface area contributed by atoms with Crippen molar-refractivity contribution in [2.24, 2.45) is 11.8 Å². The Kier molecular flexibility index (Phi) is 9.78. The summed E-state index contributed by atoms with van der Waals surface area (Å²) in [5.41, 5.74) is 0. The van der Waals surface area contributed by atoms with Crippen molar-refractivity contribution in [2.45, 2.75) is 26.7 Å². The van der Waals surface area contributed by atoms with Gasteiger partial charge in [0, 0.05) is 0 Å². The Hall–Kier alpha value is 0.576. The van der Waals surface area contributed by atoms with E-state index in [2.05, 4.69) is 0 Å². The first-order valence-electron chi connectivity index (χ1n) is 4.00. The maximum atomic E-state index is 10.6. The number of hydrogen-bond acceptors (Lipinski definition) is 2. The van der Waals surface area contributed by atoms with E-state index in [1.165, 1.54) is 0 Å². The average Bonchev–Trinajstić information content (AvgIpc) is 1.98. The molecule has 0 spiro atoms. The molecule has 0 aromatic carbocycles. The Morgan fingerprint density at radius 2 is 1.23 bits per heavy atom. The molecule has 0 fully saturated rings. The summed E-state index contributed by atoms with van der Waals surface area (Å²) < 4.78 is 0. The molecule has 0 rings (SSSR count). The van der Waals surface area contributed by atoms with Gasteiger partial charge >= 0.3 is 63.3 Å². The van der Waals surface area contributed by atoms with Gasteiger partial charge in [-0.2, -0.15) is 0 Å². The van der Waals surface area contributed by atoms with Crippen LogP contribution in [0.15, 0.2) is 0 Å². The minimum atomic E-state index is -1.02. The Morgan fingerprint density at radius 3 is 1.31 bits per heavy atom. The zero-order valence-corrected chi connectivity index (χ0v) is 7.28. The second kappa shape index (κ2) is 7.93. The first-order valence-corrected chi connectivity index (χ1v) is 4.00. The molecular formula is C8H15KO4. The molecule has 0 bridgehead atoms. The van der Waals surface area contributed by atoms with Gasteiger partial charge in [-0.15, -0.1) is 0 Å². The quantitative estimate of drug-likeness (QED) is 0.656. The summed E-state index contributed by atoms with van der Waals surface area (Å²) in [6.07, 6.45) is 0.723. The van der Waals surface area contributed by atoms with Crippen LogP contribution in [0.3, 0.4) is 0 Å². The van der Waals surface area contributed by atoms with Crippen LogP contribution in [0.2, 0.25) is 0 Å². The topological polar surface area (TPSA) is 74.6 Å². The molecule has 2 N–H and O–H groups in total. The first-order chi connectivity index (χ1) is 5.54. The van der Waals surface area contributed by atoms with Crippen LogP contribution < -0.4 is 0 Å². The van der Waals surface area contributed by atoms with E-state index in [1.54, 1.807) is 13.8 Å². The van der Waals surface area contributed by atoms with Crippen LogP contribution in [-0.2, 0) is 9.59 Å². The molecule has 0 aliphatic carbocycles. The van der Waals surface area contributed by atoms with Crippen LogP contribution in [0.25, 0.3) is 0 Å². The fourth-order valence-electron chi connectivity index (χ4n) is 1.26. The van der Waals surface area contributed by atoms with Gasteiger partial charge in [-0.05, 0) is 12.8 Å². The zero-order valence-electron chi connectivity index (χ0n) is 7.28. The van der Waals surface area contributed by atoms with E-state index < -0.39 is 23.8 Å². The number of aliphatic carboxylic acids is 2. The van der Waals surface area contributed by atoms with E-state index in [4.69, 9.17) is 10.2 Å². The van der Waals surface area contributed by atoms with E-state index in [0.29, 0.717) is 12.8 Å². The van der Waals surface area contributed by atoms with Crippen LogP contribution >= 0.6 is 0 Å². The summed E-state index contributed by atoms with van der Waals surface area (Å²) in [5.74, 6) is -3.56. The van der Waals surface area contributed by atoms with Gasteiger partial charge in [-0.1, -0.05) is 13.8 Å². The van der Waals surface area contributed by atoms with Gasteiger partial charge in [0.2, 0.25) is 0 Å². The Balaban J connectivity index is 0. The standard InChI is InChI=1S/C8H14O4.K.H/c1-3-5(7(9)10)6(4-2)8(11)12;;/h5-6H,3-4H2,1-2H3,(H,9,10)(H,11,12);;. The number of hydrogen-bond donors (Lipinski definition) is 2. The molecule has 0 saturated carbocycles. The Morgan fingerprint density at radius 1 is 1.00 bits per heavy atom. The predicted octanol–water partition coefficient (Wildman–Crippen LogP) is 0.559. The van der Waals surface area contributed by atoms with E-state index in [0.717, 1.165) is 0 Å². The van der Waals surface area contributed by atoms with Crippen molar-refractivity contribution in [3.63, 3.8) is 0 Å². The third kappa shape index (κ3) is 5.12. The van der Waals surface area contributed by atoms with Crippen LogP contribution in [0.5, 0.6) is 0 Å². The van der Waals surface area contributed by atoms with Gasteiger partial charge in [-0.3, -0.25) is 9.59 Å². The van der Waals surface area contributed by atoms with Crippen molar-refractivity contribution in [3.8, 4) is 0 Å². The molecule has 0 aliphatic heterocycles. The second-order valence-electron chi connectivity index (χ2n) is 2.71. The van der Waals surface area contributed by atoms with E-state index in [1.807, 2.05) is 0 Å². The second-order valence-corrected chi connectivity index (χ2v) is 2.71. The van der Waals surface area contributed by atoms with Crippen molar-refractivity contribution in [3.05, 3.63) is 0 Å². The van der Waals surface area contributed by atoms with Crippen molar-refractivity contribution in [1.29, 1.82) is 0 Å². The van der Waals surface area contributed by atoms with Crippen molar-refractivity contribution in [1.82, 2.24) is 0 Å². The summed E-state index contributed by atoms with van der Waals surface area (Å²) >= 11 is 0. The molecular weight excluding hydrogens is 199 g/mol. The molecule has 0 saturated heterocycles. The summed E-state index contributed by atoms with van der Waals surface area (Å²) in [4.78, 5) is 21.1.